The third-order valence-corrected chi connectivity index (χ3v) is 4.53. The molecule has 1 aromatic carbocycles. The van der Waals surface area contributed by atoms with Crippen LogP contribution in [0.15, 0.2) is 24.3 Å². The van der Waals surface area contributed by atoms with Crippen LogP contribution in [0.3, 0.4) is 0 Å². The highest BCUT2D eigenvalue weighted by Crippen LogP contribution is 2.21. The van der Waals surface area contributed by atoms with E-state index in [1.165, 1.54) is 0 Å². The Hall–Kier alpha value is 0.267. The van der Waals surface area contributed by atoms with E-state index < -0.39 is 11.2 Å². The highest BCUT2D eigenvalue weighted by atomic mass is 35.8. The summed E-state index contributed by atoms with van der Waals surface area (Å²) in [7, 11) is 0. The molecule has 0 aliphatic heterocycles. The molecule has 1 nitrogen and oxygen atoms in total. The van der Waals surface area contributed by atoms with Gasteiger partial charge in [-0.1, -0.05) is 24.3 Å². The van der Waals surface area contributed by atoms with E-state index in [0.29, 0.717) is 5.19 Å². The molecule has 0 saturated carbocycles. The third kappa shape index (κ3) is 2.86. The number of carbonyl (C=O) groups excluding carboxylic acids is 1. The molecule has 1 aromatic rings. The molecule has 0 aromatic heterocycles. The Morgan fingerprint density at radius 3 is 2.08 bits per heavy atom. The van der Waals surface area contributed by atoms with E-state index in [-0.39, 0.29) is 5.56 Å². The van der Waals surface area contributed by atoms with Crippen molar-refractivity contribution < 1.29 is 4.79 Å². The van der Waals surface area contributed by atoms with Gasteiger partial charge in [0.15, 0.2) is 0 Å². The number of rotatable bonds is 2. The second-order valence-corrected chi connectivity index (χ2v) is 11.0. The Morgan fingerprint density at radius 1 is 1.15 bits per heavy atom. The monoisotopic (exact) mass is 272 g/mol. The standard InChI is InChI=1S/C7H4Cl4OSi/c8-7(12)5-3-1-2-4-6(5)13(9,10)11/h1-4H. The lowest BCUT2D eigenvalue weighted by atomic mass is 10.2. The van der Waals surface area contributed by atoms with Crippen LogP contribution in [0.2, 0.25) is 0 Å². The molecule has 0 aliphatic carbocycles. The van der Waals surface area contributed by atoms with Crippen molar-refractivity contribution in [2.45, 2.75) is 0 Å². The number of halogens is 4. The molecule has 1 rings (SSSR count). The molecule has 0 N–H and O–H groups in total. The van der Waals surface area contributed by atoms with E-state index >= 15 is 0 Å². The van der Waals surface area contributed by atoms with Crippen LogP contribution in [-0.2, 0) is 0 Å². The summed E-state index contributed by atoms with van der Waals surface area (Å²) >= 11 is 22.6. The zero-order valence-corrected chi connectivity index (χ0v) is 10.3. The van der Waals surface area contributed by atoms with Gasteiger partial charge in [0.25, 0.3) is 5.24 Å². The van der Waals surface area contributed by atoms with Gasteiger partial charge in [-0.05, 0) is 16.8 Å². The molecule has 0 aliphatic rings. The molecule has 0 amide bonds. The normalized spacial score (nSPS) is 11.4. The second-order valence-electron chi connectivity index (χ2n) is 2.32. The lowest BCUT2D eigenvalue weighted by molar-refractivity contribution is 0.108. The average Bonchev–Trinajstić information content (AvgIpc) is 2.03. The van der Waals surface area contributed by atoms with Crippen molar-refractivity contribution in [2.24, 2.45) is 0 Å². The summed E-state index contributed by atoms with van der Waals surface area (Å²) in [6, 6.07) is 3.49. The molecule has 0 unspecified atom stereocenters. The molecule has 0 heterocycles. The molecule has 0 spiro atoms. The minimum atomic E-state index is -3.03. The first-order valence-corrected chi connectivity index (χ1v) is 8.70. The van der Waals surface area contributed by atoms with Crippen molar-refractivity contribution >= 4 is 61.3 Å². The van der Waals surface area contributed by atoms with Crippen molar-refractivity contribution in [1.29, 1.82) is 0 Å². The van der Waals surface area contributed by atoms with Crippen LogP contribution in [0.4, 0.5) is 0 Å². The molecule has 70 valence electrons. The first-order chi connectivity index (χ1) is 5.93. The minimum Gasteiger partial charge on any atom is -0.276 e. The van der Waals surface area contributed by atoms with Gasteiger partial charge in [-0.2, -0.15) is 0 Å². The molecular formula is C7H4Cl4OSi. The summed E-state index contributed by atoms with van der Waals surface area (Å²) in [5.74, 6) is 0. The Kier molecular flexibility index (Phi) is 3.66. The van der Waals surface area contributed by atoms with Gasteiger partial charge < -0.3 is 0 Å². The zero-order valence-electron chi connectivity index (χ0n) is 6.23. The Labute approximate surface area is 95.7 Å². The van der Waals surface area contributed by atoms with Crippen LogP contribution in [0.25, 0.3) is 0 Å². The summed E-state index contributed by atoms with van der Waals surface area (Å²) in [5, 5.41) is -0.172. The van der Waals surface area contributed by atoms with Gasteiger partial charge in [-0.3, -0.25) is 4.79 Å². The van der Waals surface area contributed by atoms with E-state index in [2.05, 4.69) is 0 Å². The van der Waals surface area contributed by atoms with Crippen molar-refractivity contribution in [3.8, 4) is 0 Å². The van der Waals surface area contributed by atoms with Crippen molar-refractivity contribution in [3.05, 3.63) is 29.8 Å². The highest BCUT2D eigenvalue weighted by molar-refractivity contribution is 7.69. The summed E-state index contributed by atoms with van der Waals surface area (Å²) < 4.78 is 0. The van der Waals surface area contributed by atoms with Gasteiger partial charge >= 0.3 is 6.00 Å². The summed E-state index contributed by atoms with van der Waals surface area (Å²) in [6.07, 6.45) is 0. The van der Waals surface area contributed by atoms with Gasteiger partial charge in [0.05, 0.1) is 0 Å². The lowest BCUT2D eigenvalue weighted by Gasteiger charge is -2.10. The van der Waals surface area contributed by atoms with Gasteiger partial charge in [-0.25, -0.2) is 0 Å². The molecule has 6 heteroatoms. The predicted octanol–water partition coefficient (Wildman–Crippen LogP) is 2.93. The van der Waals surface area contributed by atoms with E-state index in [9.17, 15) is 4.79 Å². The van der Waals surface area contributed by atoms with Crippen molar-refractivity contribution in [1.82, 2.24) is 0 Å². The number of benzene rings is 1. The van der Waals surface area contributed by atoms with Crippen molar-refractivity contribution in [2.75, 3.05) is 0 Å². The molecule has 0 bridgehead atoms. The van der Waals surface area contributed by atoms with Gasteiger partial charge in [0.1, 0.15) is 0 Å². The van der Waals surface area contributed by atoms with Crippen LogP contribution >= 0.6 is 44.8 Å². The van der Waals surface area contributed by atoms with Crippen LogP contribution in [0.5, 0.6) is 0 Å². The fourth-order valence-electron chi connectivity index (χ4n) is 0.902. The fourth-order valence-corrected chi connectivity index (χ4v) is 3.42. The molecule has 0 fully saturated rings. The van der Waals surface area contributed by atoms with E-state index in [0.717, 1.165) is 0 Å². The van der Waals surface area contributed by atoms with E-state index in [1.807, 2.05) is 0 Å². The first kappa shape index (κ1) is 11.3. The van der Waals surface area contributed by atoms with Crippen LogP contribution in [0, 0.1) is 0 Å². The summed E-state index contributed by atoms with van der Waals surface area (Å²) in [4.78, 5) is 10.9. The largest absolute Gasteiger partial charge is 0.373 e. The molecule has 0 saturated heterocycles. The van der Waals surface area contributed by atoms with Gasteiger partial charge in [0, 0.05) is 5.56 Å². The highest BCUT2D eigenvalue weighted by Gasteiger charge is 2.31. The molecule has 13 heavy (non-hydrogen) atoms. The number of carbonyl (C=O) groups is 1. The number of hydrogen-bond acceptors (Lipinski definition) is 1. The SMILES string of the molecule is O=C(Cl)c1ccccc1[Si](Cl)(Cl)Cl. The Morgan fingerprint density at radius 2 is 1.69 bits per heavy atom. The van der Waals surface area contributed by atoms with E-state index in [1.54, 1.807) is 24.3 Å². The summed E-state index contributed by atoms with van der Waals surface area (Å²) in [5.41, 5.74) is 0.274. The zero-order chi connectivity index (χ0) is 10.1. The maximum atomic E-state index is 10.9. The number of hydrogen-bond donors (Lipinski definition) is 0. The predicted molar refractivity (Wildman–Crippen MR) is 59.6 cm³/mol. The Balaban J connectivity index is 3.28. The van der Waals surface area contributed by atoms with Crippen LogP contribution < -0.4 is 5.19 Å². The average molecular weight is 274 g/mol. The quantitative estimate of drug-likeness (QED) is 0.460. The second kappa shape index (κ2) is 4.19. The van der Waals surface area contributed by atoms with Crippen molar-refractivity contribution in [3.63, 3.8) is 0 Å². The molecular weight excluding hydrogens is 270 g/mol. The smallest absolute Gasteiger partial charge is 0.276 e. The van der Waals surface area contributed by atoms with Crippen LogP contribution in [0.1, 0.15) is 10.4 Å². The molecule has 0 atom stereocenters. The topological polar surface area (TPSA) is 17.1 Å². The van der Waals surface area contributed by atoms with Crippen LogP contribution in [-0.4, -0.2) is 11.2 Å². The maximum absolute atomic E-state index is 10.9. The third-order valence-electron chi connectivity index (χ3n) is 1.44. The van der Waals surface area contributed by atoms with E-state index in [4.69, 9.17) is 44.8 Å². The summed E-state index contributed by atoms with van der Waals surface area (Å²) in [6.45, 7) is 0. The van der Waals surface area contributed by atoms with Gasteiger partial charge in [0.2, 0.25) is 0 Å². The fraction of sp³-hybridized carbons (Fsp3) is 0. The molecule has 0 radical (unpaired) electrons. The lowest BCUT2D eigenvalue weighted by Crippen LogP contribution is -2.34. The van der Waals surface area contributed by atoms with Gasteiger partial charge in [-0.15, -0.1) is 33.2 Å². The minimum absolute atomic E-state index is 0.274. The Bertz CT molecular complexity index is 334. The first-order valence-electron chi connectivity index (χ1n) is 3.29. The maximum Gasteiger partial charge on any atom is 0.373 e.